The smallest absolute Gasteiger partial charge is 0.412 e. The Balaban J connectivity index is 1.30. The number of thiophene rings is 2. The minimum Gasteiger partial charge on any atom is -0.481 e. The van der Waals surface area contributed by atoms with Crippen molar-refractivity contribution in [3.8, 4) is 21.6 Å². The van der Waals surface area contributed by atoms with E-state index in [1.165, 1.54) is 6.07 Å². The Kier molecular flexibility index (Phi) is 6.40. The number of aliphatic carboxylic acids is 1. The van der Waals surface area contributed by atoms with Gasteiger partial charge in [-0.25, -0.2) is 4.79 Å². The number of nitrogens with one attached hydrogen (secondary N) is 1. The predicted octanol–water partition coefficient (Wildman–Crippen LogP) is 8.02. The quantitative estimate of drug-likeness (QED) is 0.258. The van der Waals surface area contributed by atoms with Crippen LogP contribution in [-0.2, 0) is 14.9 Å². The molecule has 2 heterocycles. The van der Waals surface area contributed by atoms with Gasteiger partial charge >= 0.3 is 12.1 Å². The number of aryl methyl sites for hydroxylation is 1. The van der Waals surface area contributed by atoms with E-state index in [0.29, 0.717) is 23.4 Å². The van der Waals surface area contributed by atoms with Crippen LogP contribution in [0.25, 0.3) is 21.6 Å². The molecule has 5 rings (SSSR count). The zero-order valence-corrected chi connectivity index (χ0v) is 21.3. The molecule has 36 heavy (non-hydrogen) atoms. The van der Waals surface area contributed by atoms with Crippen molar-refractivity contribution in [1.29, 1.82) is 0 Å². The molecule has 1 fully saturated rings. The summed E-state index contributed by atoms with van der Waals surface area (Å²) >= 11 is 2.54. The van der Waals surface area contributed by atoms with Crippen LogP contribution in [0.4, 0.5) is 14.9 Å². The molecule has 2 N–H and O–H groups in total. The van der Waals surface area contributed by atoms with E-state index in [1.807, 2.05) is 66.9 Å². The number of ether oxygens (including phenoxy) is 1. The van der Waals surface area contributed by atoms with E-state index in [9.17, 15) is 19.1 Å². The first-order valence-electron chi connectivity index (χ1n) is 11.5. The van der Waals surface area contributed by atoms with E-state index in [1.54, 1.807) is 18.3 Å². The number of amides is 1. The summed E-state index contributed by atoms with van der Waals surface area (Å²) in [7, 11) is 0. The first-order chi connectivity index (χ1) is 17.3. The maximum absolute atomic E-state index is 14.2. The van der Waals surface area contributed by atoms with Gasteiger partial charge in [0.15, 0.2) is 5.13 Å². The van der Waals surface area contributed by atoms with E-state index in [-0.39, 0.29) is 0 Å². The van der Waals surface area contributed by atoms with E-state index < -0.39 is 28.7 Å². The molecule has 2 aromatic carbocycles. The summed E-state index contributed by atoms with van der Waals surface area (Å²) in [4.78, 5) is 25.8. The standard InChI is InChI=1S/C28H24FNO4S2/c1-16(22-11-14-35-17(22)2)34-27(33)30-23-15-24(29)36-25(23)20-5-3-18(4-6-20)19-7-9-21(10-8-19)28(12-13-28)26(31)32/h3-11,14-16H,12-13H2,1-2H3,(H,30,33)(H,31,32). The van der Waals surface area contributed by atoms with E-state index in [4.69, 9.17) is 4.74 Å². The molecule has 0 radical (unpaired) electrons. The molecule has 0 aliphatic heterocycles. The van der Waals surface area contributed by atoms with Crippen LogP contribution < -0.4 is 5.32 Å². The van der Waals surface area contributed by atoms with Gasteiger partial charge in [0.25, 0.3) is 0 Å². The van der Waals surface area contributed by atoms with Crippen LogP contribution in [0.1, 0.15) is 41.9 Å². The van der Waals surface area contributed by atoms with Gasteiger partial charge in [0, 0.05) is 16.5 Å². The number of benzene rings is 2. The first kappa shape index (κ1) is 24.2. The summed E-state index contributed by atoms with van der Waals surface area (Å²) in [6, 6.07) is 18.4. The first-order valence-corrected chi connectivity index (χ1v) is 13.2. The van der Waals surface area contributed by atoms with Gasteiger partial charge in [0.2, 0.25) is 0 Å². The fourth-order valence-electron chi connectivity index (χ4n) is 4.40. The van der Waals surface area contributed by atoms with Crippen LogP contribution in [-0.4, -0.2) is 17.2 Å². The highest BCUT2D eigenvalue weighted by Crippen LogP contribution is 2.48. The second-order valence-electron chi connectivity index (χ2n) is 8.94. The molecule has 184 valence electrons. The van der Waals surface area contributed by atoms with Gasteiger partial charge in [-0.05, 0) is 60.4 Å². The summed E-state index contributed by atoms with van der Waals surface area (Å²) in [6.07, 6.45) is 0.284. The highest BCUT2D eigenvalue weighted by Gasteiger charge is 2.51. The van der Waals surface area contributed by atoms with E-state index >= 15 is 0 Å². The molecule has 1 saturated carbocycles. The summed E-state index contributed by atoms with van der Waals surface area (Å²) in [6.45, 7) is 3.78. The molecule has 1 aliphatic rings. The highest BCUT2D eigenvalue weighted by molar-refractivity contribution is 7.14. The van der Waals surface area contributed by atoms with Crippen LogP contribution in [0.3, 0.4) is 0 Å². The van der Waals surface area contributed by atoms with E-state index in [2.05, 4.69) is 5.32 Å². The third kappa shape index (κ3) is 4.66. The van der Waals surface area contributed by atoms with Gasteiger partial charge in [0.05, 0.1) is 16.0 Å². The lowest BCUT2D eigenvalue weighted by molar-refractivity contribution is -0.140. The molecule has 1 amide bonds. The van der Waals surface area contributed by atoms with Crippen LogP contribution in [0.15, 0.2) is 66.0 Å². The van der Waals surface area contributed by atoms with Crippen molar-refractivity contribution < 1.29 is 23.8 Å². The van der Waals surface area contributed by atoms with Gasteiger partial charge in [-0.3, -0.25) is 10.1 Å². The van der Waals surface area contributed by atoms with Crippen molar-refractivity contribution >= 4 is 40.4 Å². The topological polar surface area (TPSA) is 75.6 Å². The normalized spacial score (nSPS) is 14.8. The fraction of sp³-hybridized carbons (Fsp3) is 0.214. The summed E-state index contributed by atoms with van der Waals surface area (Å²) in [5.41, 5.74) is 4.10. The predicted molar refractivity (Wildman–Crippen MR) is 141 cm³/mol. The van der Waals surface area contributed by atoms with Crippen LogP contribution >= 0.6 is 22.7 Å². The number of carboxylic acid groups (broad SMARTS) is 1. The van der Waals surface area contributed by atoms with Crippen molar-refractivity contribution in [2.75, 3.05) is 5.32 Å². The van der Waals surface area contributed by atoms with Gasteiger partial charge in [-0.2, -0.15) is 4.39 Å². The summed E-state index contributed by atoms with van der Waals surface area (Å²) < 4.78 is 19.7. The van der Waals surface area contributed by atoms with Gasteiger partial charge in [0.1, 0.15) is 6.10 Å². The van der Waals surface area contributed by atoms with Crippen molar-refractivity contribution in [1.82, 2.24) is 0 Å². The van der Waals surface area contributed by atoms with Crippen LogP contribution in [0, 0.1) is 12.1 Å². The number of carbonyl (C=O) groups is 2. The zero-order valence-electron chi connectivity index (χ0n) is 19.7. The van der Waals surface area contributed by atoms with E-state index in [0.717, 1.165) is 44.0 Å². The van der Waals surface area contributed by atoms with Gasteiger partial charge in [-0.1, -0.05) is 48.5 Å². The van der Waals surface area contributed by atoms with Crippen molar-refractivity contribution in [2.24, 2.45) is 0 Å². The Morgan fingerprint density at radius 2 is 1.64 bits per heavy atom. The SMILES string of the molecule is Cc1sccc1C(C)OC(=O)Nc1cc(F)sc1-c1ccc(-c2ccc(C3(C(=O)O)CC3)cc2)cc1. The summed E-state index contributed by atoms with van der Waals surface area (Å²) in [5.74, 6) is -0.771. The number of carbonyl (C=O) groups excluding carboxylic acids is 1. The maximum Gasteiger partial charge on any atom is 0.412 e. The average molecular weight is 522 g/mol. The minimum atomic E-state index is -0.771. The molecule has 1 aliphatic carbocycles. The molecule has 2 aromatic heterocycles. The summed E-state index contributed by atoms with van der Waals surface area (Å²) in [5, 5.41) is 13.7. The third-order valence-corrected chi connectivity index (χ3v) is 8.47. The lowest BCUT2D eigenvalue weighted by atomic mass is 9.93. The molecule has 8 heteroatoms. The number of rotatable bonds is 7. The Labute approximate surface area is 216 Å². The van der Waals surface area contributed by atoms with Crippen LogP contribution in [0.5, 0.6) is 0 Å². The molecule has 0 bridgehead atoms. The number of halogens is 1. The van der Waals surface area contributed by atoms with Gasteiger partial charge in [-0.15, -0.1) is 22.7 Å². The monoisotopic (exact) mass is 521 g/mol. The number of hydrogen-bond acceptors (Lipinski definition) is 5. The molecule has 1 unspecified atom stereocenters. The van der Waals surface area contributed by atoms with Gasteiger partial charge < -0.3 is 9.84 Å². The lowest BCUT2D eigenvalue weighted by Crippen LogP contribution is -2.19. The average Bonchev–Trinajstić information content (AvgIpc) is 3.45. The zero-order chi connectivity index (χ0) is 25.4. The molecule has 0 spiro atoms. The fourth-order valence-corrected chi connectivity index (χ4v) is 6.03. The number of anilines is 1. The number of carboxylic acids is 1. The van der Waals surface area contributed by atoms with Crippen LogP contribution in [0.2, 0.25) is 0 Å². The second kappa shape index (κ2) is 9.52. The molecule has 0 saturated heterocycles. The Morgan fingerprint density at radius 3 is 2.19 bits per heavy atom. The van der Waals surface area contributed by atoms with Crippen molar-refractivity contribution in [2.45, 2.75) is 38.2 Å². The maximum atomic E-state index is 14.2. The number of hydrogen-bond donors (Lipinski definition) is 2. The highest BCUT2D eigenvalue weighted by atomic mass is 32.1. The second-order valence-corrected chi connectivity index (χ2v) is 11.1. The molecule has 1 atom stereocenters. The Morgan fingerprint density at radius 1 is 1.03 bits per heavy atom. The van der Waals surface area contributed by atoms with Crippen molar-refractivity contribution in [3.05, 3.63) is 87.2 Å². The largest absolute Gasteiger partial charge is 0.481 e. The van der Waals surface area contributed by atoms with Crippen molar-refractivity contribution in [3.63, 3.8) is 0 Å². The molecule has 4 aromatic rings. The Bertz CT molecular complexity index is 1420. The molecular weight excluding hydrogens is 497 g/mol. The third-order valence-electron chi connectivity index (χ3n) is 6.64. The lowest BCUT2D eigenvalue weighted by Gasteiger charge is -2.14. The molecular formula is C28H24FNO4S2. The Hall–Kier alpha value is -3.49. The minimum absolute atomic E-state index is 0.359. The molecule has 5 nitrogen and oxygen atoms in total.